The van der Waals surface area contributed by atoms with Crippen LogP contribution in [0, 0.1) is 0 Å². The van der Waals surface area contributed by atoms with E-state index in [1.165, 1.54) is 6.26 Å². The van der Waals surface area contributed by atoms with Crippen LogP contribution < -0.4 is 0 Å². The summed E-state index contributed by atoms with van der Waals surface area (Å²) in [6.45, 7) is 1.23. The van der Waals surface area contributed by atoms with E-state index in [-0.39, 0.29) is 5.75 Å². The van der Waals surface area contributed by atoms with Crippen molar-refractivity contribution in [2.45, 2.75) is 43.5 Å². The van der Waals surface area contributed by atoms with Crippen LogP contribution in [0.3, 0.4) is 0 Å². The Morgan fingerprint density at radius 1 is 1.12 bits per heavy atom. The molecule has 1 heterocycles. The molecule has 1 saturated carbocycles. The van der Waals surface area contributed by atoms with Gasteiger partial charge in [-0.2, -0.15) is 0 Å². The SMILES string of the molecule is CS(=O)(=O)CCC1(O)CCC2(CC1)OCCO2. The summed E-state index contributed by atoms with van der Waals surface area (Å²) in [6, 6.07) is 0. The number of sulfone groups is 1. The Balaban J connectivity index is 1.88. The maximum atomic E-state index is 11.1. The van der Waals surface area contributed by atoms with Crippen LogP contribution in [0.15, 0.2) is 0 Å². The molecule has 100 valence electrons. The second kappa shape index (κ2) is 4.50. The van der Waals surface area contributed by atoms with E-state index in [0.717, 1.165) is 0 Å². The van der Waals surface area contributed by atoms with Crippen molar-refractivity contribution in [2.24, 2.45) is 0 Å². The summed E-state index contributed by atoms with van der Waals surface area (Å²) >= 11 is 0. The Bertz CT molecular complexity index is 359. The first-order chi connectivity index (χ1) is 7.83. The van der Waals surface area contributed by atoms with Crippen molar-refractivity contribution in [2.75, 3.05) is 25.2 Å². The van der Waals surface area contributed by atoms with Gasteiger partial charge < -0.3 is 14.6 Å². The van der Waals surface area contributed by atoms with Crippen LogP contribution in [0.4, 0.5) is 0 Å². The Labute approximate surface area is 102 Å². The van der Waals surface area contributed by atoms with Gasteiger partial charge in [0, 0.05) is 19.1 Å². The first kappa shape index (κ1) is 13.3. The number of hydrogen-bond acceptors (Lipinski definition) is 5. The molecule has 0 aromatic carbocycles. The summed E-state index contributed by atoms with van der Waals surface area (Å²) in [4.78, 5) is 0. The van der Waals surface area contributed by atoms with Gasteiger partial charge >= 0.3 is 0 Å². The van der Waals surface area contributed by atoms with E-state index in [1.807, 2.05) is 0 Å². The molecular formula is C11H20O5S. The van der Waals surface area contributed by atoms with Crippen LogP contribution in [0.5, 0.6) is 0 Å². The van der Waals surface area contributed by atoms with Crippen LogP contribution in [0.25, 0.3) is 0 Å². The highest BCUT2D eigenvalue weighted by atomic mass is 32.2. The quantitative estimate of drug-likeness (QED) is 0.802. The van der Waals surface area contributed by atoms with Crippen molar-refractivity contribution in [3.63, 3.8) is 0 Å². The molecule has 2 fully saturated rings. The summed E-state index contributed by atoms with van der Waals surface area (Å²) in [5.41, 5.74) is -0.871. The molecular weight excluding hydrogens is 244 g/mol. The van der Waals surface area contributed by atoms with E-state index >= 15 is 0 Å². The van der Waals surface area contributed by atoms with Gasteiger partial charge in [-0.25, -0.2) is 8.42 Å². The third-order valence-electron chi connectivity index (χ3n) is 3.69. The molecule has 5 nitrogen and oxygen atoms in total. The van der Waals surface area contributed by atoms with Gasteiger partial charge in [-0.15, -0.1) is 0 Å². The molecule has 2 aliphatic rings. The maximum absolute atomic E-state index is 11.1. The first-order valence-corrected chi connectivity index (χ1v) is 8.07. The minimum absolute atomic E-state index is 0.0399. The van der Waals surface area contributed by atoms with Crippen LogP contribution >= 0.6 is 0 Å². The van der Waals surface area contributed by atoms with E-state index in [9.17, 15) is 13.5 Å². The van der Waals surface area contributed by atoms with Gasteiger partial charge in [0.05, 0.1) is 24.6 Å². The Hall–Kier alpha value is -0.170. The van der Waals surface area contributed by atoms with Crippen LogP contribution in [0.1, 0.15) is 32.1 Å². The molecule has 0 aromatic rings. The molecule has 0 amide bonds. The van der Waals surface area contributed by atoms with E-state index in [1.54, 1.807) is 0 Å². The molecule has 1 N–H and O–H groups in total. The molecule has 17 heavy (non-hydrogen) atoms. The van der Waals surface area contributed by atoms with Crippen molar-refractivity contribution in [1.82, 2.24) is 0 Å². The fourth-order valence-corrected chi connectivity index (χ4v) is 3.26. The van der Waals surface area contributed by atoms with Crippen molar-refractivity contribution in [3.05, 3.63) is 0 Å². The highest BCUT2D eigenvalue weighted by Crippen LogP contribution is 2.41. The molecule has 1 spiro atoms. The third kappa shape index (κ3) is 3.40. The minimum Gasteiger partial charge on any atom is -0.390 e. The highest BCUT2D eigenvalue weighted by molar-refractivity contribution is 7.90. The average molecular weight is 264 g/mol. The first-order valence-electron chi connectivity index (χ1n) is 6.01. The molecule has 1 saturated heterocycles. The molecule has 0 bridgehead atoms. The van der Waals surface area contributed by atoms with Crippen molar-refractivity contribution in [1.29, 1.82) is 0 Å². The highest BCUT2D eigenvalue weighted by Gasteiger charge is 2.45. The van der Waals surface area contributed by atoms with Crippen LogP contribution in [-0.4, -0.2) is 50.1 Å². The van der Waals surface area contributed by atoms with Gasteiger partial charge in [0.2, 0.25) is 0 Å². The lowest BCUT2D eigenvalue weighted by molar-refractivity contribution is -0.202. The van der Waals surface area contributed by atoms with Gasteiger partial charge in [-0.05, 0) is 19.3 Å². The zero-order valence-corrected chi connectivity index (χ0v) is 11.0. The van der Waals surface area contributed by atoms with Crippen molar-refractivity contribution < 1.29 is 23.0 Å². The molecule has 1 aliphatic heterocycles. The van der Waals surface area contributed by atoms with Gasteiger partial charge in [0.25, 0.3) is 0 Å². The Morgan fingerprint density at radius 2 is 1.65 bits per heavy atom. The van der Waals surface area contributed by atoms with Crippen molar-refractivity contribution >= 4 is 9.84 Å². The van der Waals surface area contributed by atoms with E-state index in [2.05, 4.69) is 0 Å². The lowest BCUT2D eigenvalue weighted by Crippen LogP contribution is -2.44. The topological polar surface area (TPSA) is 72.8 Å². The van der Waals surface area contributed by atoms with Gasteiger partial charge in [-0.3, -0.25) is 0 Å². The van der Waals surface area contributed by atoms with E-state index in [4.69, 9.17) is 9.47 Å². The lowest BCUT2D eigenvalue weighted by atomic mass is 9.80. The van der Waals surface area contributed by atoms with Gasteiger partial charge in [0.15, 0.2) is 5.79 Å². The molecule has 6 heteroatoms. The molecule has 0 atom stereocenters. The fraction of sp³-hybridized carbons (Fsp3) is 1.00. The number of aliphatic hydroxyl groups is 1. The summed E-state index contributed by atoms with van der Waals surface area (Å²) in [6.07, 6.45) is 3.89. The third-order valence-corrected chi connectivity index (χ3v) is 4.64. The zero-order chi connectivity index (χ0) is 12.6. The largest absolute Gasteiger partial charge is 0.390 e. The number of hydrogen-bond donors (Lipinski definition) is 1. The summed E-state index contributed by atoms with van der Waals surface area (Å²) < 4.78 is 33.3. The fourth-order valence-electron chi connectivity index (χ4n) is 2.51. The lowest BCUT2D eigenvalue weighted by Gasteiger charge is -2.40. The van der Waals surface area contributed by atoms with Gasteiger partial charge in [0.1, 0.15) is 9.84 Å². The normalized spacial score (nSPS) is 27.4. The predicted molar refractivity (Wildman–Crippen MR) is 62.4 cm³/mol. The number of ether oxygens (including phenoxy) is 2. The molecule has 1 aliphatic carbocycles. The maximum Gasteiger partial charge on any atom is 0.168 e. The zero-order valence-electron chi connectivity index (χ0n) is 10.1. The predicted octanol–water partition coefficient (Wildman–Crippen LogP) is 0.469. The second-order valence-electron chi connectivity index (χ2n) is 5.21. The molecule has 2 rings (SSSR count). The van der Waals surface area contributed by atoms with Crippen LogP contribution in [-0.2, 0) is 19.3 Å². The monoisotopic (exact) mass is 264 g/mol. The molecule has 0 unspecified atom stereocenters. The molecule has 0 radical (unpaired) electrons. The molecule has 0 aromatic heterocycles. The minimum atomic E-state index is -3.01. The summed E-state index contributed by atoms with van der Waals surface area (Å²) in [5.74, 6) is -0.463. The van der Waals surface area contributed by atoms with E-state index < -0.39 is 21.2 Å². The van der Waals surface area contributed by atoms with Crippen molar-refractivity contribution in [3.8, 4) is 0 Å². The Kier molecular flexibility index (Phi) is 3.51. The average Bonchev–Trinajstić information content (AvgIpc) is 2.69. The second-order valence-corrected chi connectivity index (χ2v) is 7.47. The Morgan fingerprint density at radius 3 is 2.12 bits per heavy atom. The smallest absolute Gasteiger partial charge is 0.168 e. The summed E-state index contributed by atoms with van der Waals surface area (Å²) in [7, 11) is -3.01. The standard InChI is InChI=1S/C11H20O5S/c1-17(13,14)9-6-10(12)2-4-11(5-3-10)15-7-8-16-11/h12H,2-9H2,1H3. The van der Waals surface area contributed by atoms with E-state index in [0.29, 0.717) is 45.3 Å². The van der Waals surface area contributed by atoms with Crippen LogP contribution in [0.2, 0.25) is 0 Å². The summed E-state index contributed by atoms with van der Waals surface area (Å²) in [5, 5.41) is 10.3. The number of rotatable bonds is 3. The van der Waals surface area contributed by atoms with Gasteiger partial charge in [-0.1, -0.05) is 0 Å².